The van der Waals surface area contributed by atoms with E-state index in [1.807, 2.05) is 83.7 Å². The molecule has 28 heavy (non-hydrogen) atoms. The minimum absolute atomic E-state index is 0.724. The number of thioether (sulfide) groups is 1. The molecule has 1 aromatic heterocycles. The summed E-state index contributed by atoms with van der Waals surface area (Å²) in [6.45, 7) is 0. The molecule has 0 aliphatic rings. The summed E-state index contributed by atoms with van der Waals surface area (Å²) >= 11 is 5.12. The van der Waals surface area contributed by atoms with Crippen molar-refractivity contribution < 1.29 is 0 Å². The number of hydrogen-bond acceptors (Lipinski definition) is 4. The SMILES string of the molecule is Brc1cccc(C=Nn2c(SCc3ccccc3)nnc2-c2ccccc2)c1. The molecule has 0 aliphatic heterocycles. The lowest BCUT2D eigenvalue weighted by Crippen LogP contribution is -1.97. The van der Waals surface area contributed by atoms with Crippen LogP contribution in [0.15, 0.2) is 99.7 Å². The molecule has 1 heterocycles. The third-order valence-corrected chi connectivity index (χ3v) is 5.51. The quantitative estimate of drug-likeness (QED) is 0.273. The summed E-state index contributed by atoms with van der Waals surface area (Å²) in [5.41, 5.74) is 3.22. The van der Waals surface area contributed by atoms with Gasteiger partial charge in [0, 0.05) is 15.8 Å². The van der Waals surface area contributed by atoms with Gasteiger partial charge in [0.2, 0.25) is 5.16 Å². The first-order chi connectivity index (χ1) is 13.8. The van der Waals surface area contributed by atoms with Crippen molar-refractivity contribution in [1.29, 1.82) is 0 Å². The highest BCUT2D eigenvalue weighted by Crippen LogP contribution is 2.26. The van der Waals surface area contributed by atoms with Gasteiger partial charge in [0.05, 0.1) is 6.21 Å². The van der Waals surface area contributed by atoms with Crippen LogP contribution in [0.1, 0.15) is 11.1 Å². The maximum absolute atomic E-state index is 4.69. The lowest BCUT2D eigenvalue weighted by molar-refractivity contribution is 0.772. The second-order valence-corrected chi connectivity index (χ2v) is 7.92. The Labute approximate surface area is 176 Å². The third-order valence-electron chi connectivity index (χ3n) is 4.03. The Kier molecular flexibility index (Phi) is 5.99. The first-order valence-electron chi connectivity index (χ1n) is 8.77. The fraction of sp³-hybridized carbons (Fsp3) is 0.0455. The van der Waals surface area contributed by atoms with Gasteiger partial charge in [-0.05, 0) is 23.3 Å². The molecule has 138 valence electrons. The summed E-state index contributed by atoms with van der Waals surface area (Å²) in [4.78, 5) is 0. The summed E-state index contributed by atoms with van der Waals surface area (Å²) < 4.78 is 2.83. The zero-order valence-corrected chi connectivity index (χ0v) is 17.3. The van der Waals surface area contributed by atoms with Gasteiger partial charge < -0.3 is 0 Å². The molecule has 4 nitrogen and oxygen atoms in total. The first kappa shape index (κ1) is 18.7. The molecule has 3 aromatic carbocycles. The molecule has 4 rings (SSSR count). The Morgan fingerprint density at radius 1 is 0.893 bits per heavy atom. The number of aromatic nitrogens is 3. The van der Waals surface area contributed by atoms with Crippen molar-refractivity contribution >= 4 is 33.9 Å². The fourth-order valence-electron chi connectivity index (χ4n) is 2.66. The lowest BCUT2D eigenvalue weighted by atomic mass is 10.2. The molecule has 0 radical (unpaired) electrons. The van der Waals surface area contributed by atoms with E-state index >= 15 is 0 Å². The van der Waals surface area contributed by atoms with Gasteiger partial charge in [-0.25, -0.2) is 0 Å². The van der Waals surface area contributed by atoms with E-state index in [4.69, 9.17) is 5.10 Å². The van der Waals surface area contributed by atoms with Gasteiger partial charge in [0.25, 0.3) is 0 Å². The van der Waals surface area contributed by atoms with Gasteiger partial charge in [-0.3, -0.25) is 0 Å². The maximum atomic E-state index is 4.69. The van der Waals surface area contributed by atoms with Crippen LogP contribution in [0.25, 0.3) is 11.4 Å². The van der Waals surface area contributed by atoms with E-state index in [0.717, 1.165) is 32.3 Å². The molecule has 0 spiro atoms. The molecule has 0 unspecified atom stereocenters. The molecule has 0 bridgehead atoms. The molecule has 0 fully saturated rings. The van der Waals surface area contributed by atoms with E-state index in [1.165, 1.54) is 5.56 Å². The van der Waals surface area contributed by atoms with Gasteiger partial charge in [0.1, 0.15) is 0 Å². The highest BCUT2D eigenvalue weighted by atomic mass is 79.9. The van der Waals surface area contributed by atoms with Gasteiger partial charge >= 0.3 is 0 Å². The van der Waals surface area contributed by atoms with Crippen molar-refractivity contribution in [2.45, 2.75) is 10.9 Å². The molecular weight excluding hydrogens is 432 g/mol. The molecule has 4 aromatic rings. The van der Waals surface area contributed by atoms with E-state index in [9.17, 15) is 0 Å². The lowest BCUT2D eigenvalue weighted by Gasteiger charge is -2.05. The standard InChI is InChI=1S/C22H17BrN4S/c23-20-13-7-10-18(14-20)15-24-27-21(19-11-5-2-6-12-19)25-26-22(27)28-16-17-8-3-1-4-9-17/h1-15H,16H2. The average molecular weight is 449 g/mol. The molecule has 0 amide bonds. The van der Waals surface area contributed by atoms with E-state index in [2.05, 4.69) is 38.3 Å². The minimum Gasteiger partial charge on any atom is -0.187 e. The van der Waals surface area contributed by atoms with Crippen LogP contribution in [0.5, 0.6) is 0 Å². The second kappa shape index (κ2) is 8.99. The van der Waals surface area contributed by atoms with Gasteiger partial charge in [-0.2, -0.15) is 9.78 Å². The highest BCUT2D eigenvalue weighted by Gasteiger charge is 2.14. The Hall–Kier alpha value is -2.70. The average Bonchev–Trinajstić information content (AvgIpc) is 3.15. The Morgan fingerprint density at radius 3 is 2.39 bits per heavy atom. The van der Waals surface area contributed by atoms with Crippen LogP contribution >= 0.6 is 27.7 Å². The van der Waals surface area contributed by atoms with Crippen LogP contribution in [-0.2, 0) is 5.75 Å². The van der Waals surface area contributed by atoms with Crippen molar-refractivity contribution in [1.82, 2.24) is 14.9 Å². The zero-order chi connectivity index (χ0) is 19.2. The van der Waals surface area contributed by atoms with Crippen molar-refractivity contribution in [2.75, 3.05) is 0 Å². The predicted molar refractivity (Wildman–Crippen MR) is 119 cm³/mol. The molecule has 0 N–H and O–H groups in total. The summed E-state index contributed by atoms with van der Waals surface area (Å²) in [5, 5.41) is 14.2. The Morgan fingerprint density at radius 2 is 1.64 bits per heavy atom. The molecule has 0 saturated carbocycles. The van der Waals surface area contributed by atoms with Gasteiger partial charge in [-0.1, -0.05) is 100 Å². The summed E-state index contributed by atoms with van der Waals surface area (Å²) in [7, 11) is 0. The van der Waals surface area contributed by atoms with Gasteiger partial charge in [-0.15, -0.1) is 10.2 Å². The van der Waals surface area contributed by atoms with E-state index in [-0.39, 0.29) is 0 Å². The van der Waals surface area contributed by atoms with Crippen molar-refractivity contribution in [2.24, 2.45) is 5.10 Å². The van der Waals surface area contributed by atoms with Crippen LogP contribution in [0.2, 0.25) is 0 Å². The molecule has 0 atom stereocenters. The van der Waals surface area contributed by atoms with Crippen LogP contribution in [0.4, 0.5) is 0 Å². The molecule has 6 heteroatoms. The number of benzene rings is 3. The Bertz CT molecular complexity index is 1080. The number of rotatable bonds is 6. The van der Waals surface area contributed by atoms with E-state index in [1.54, 1.807) is 11.8 Å². The smallest absolute Gasteiger partial charge is 0.187 e. The largest absolute Gasteiger partial charge is 0.212 e. The molecular formula is C22H17BrN4S. The summed E-state index contributed by atoms with van der Waals surface area (Å²) in [6.07, 6.45) is 1.83. The van der Waals surface area contributed by atoms with Crippen molar-refractivity contribution in [3.63, 3.8) is 0 Å². The highest BCUT2D eigenvalue weighted by molar-refractivity contribution is 9.10. The number of halogens is 1. The molecule has 0 aliphatic carbocycles. The number of hydrogen-bond donors (Lipinski definition) is 0. The normalized spacial score (nSPS) is 11.2. The Balaban J connectivity index is 1.67. The van der Waals surface area contributed by atoms with Gasteiger partial charge in [0.15, 0.2) is 5.82 Å². The summed E-state index contributed by atoms with van der Waals surface area (Å²) in [5.74, 6) is 1.53. The van der Waals surface area contributed by atoms with Crippen LogP contribution in [-0.4, -0.2) is 21.1 Å². The van der Waals surface area contributed by atoms with Crippen molar-refractivity contribution in [3.8, 4) is 11.4 Å². The van der Waals surface area contributed by atoms with Crippen LogP contribution in [0.3, 0.4) is 0 Å². The topological polar surface area (TPSA) is 43.1 Å². The monoisotopic (exact) mass is 448 g/mol. The molecule has 0 saturated heterocycles. The second-order valence-electron chi connectivity index (χ2n) is 6.06. The first-order valence-corrected chi connectivity index (χ1v) is 10.5. The third kappa shape index (κ3) is 4.58. The zero-order valence-electron chi connectivity index (χ0n) is 14.9. The number of nitrogens with zero attached hydrogens (tertiary/aromatic N) is 4. The predicted octanol–water partition coefficient (Wildman–Crippen LogP) is 5.88. The van der Waals surface area contributed by atoms with E-state index < -0.39 is 0 Å². The fourth-order valence-corrected chi connectivity index (χ4v) is 3.92. The van der Waals surface area contributed by atoms with Crippen LogP contribution in [0, 0.1) is 0 Å². The van der Waals surface area contributed by atoms with Crippen LogP contribution < -0.4 is 0 Å². The minimum atomic E-state index is 0.724. The van der Waals surface area contributed by atoms with E-state index in [0.29, 0.717) is 0 Å². The summed E-state index contributed by atoms with van der Waals surface area (Å²) in [6, 6.07) is 28.3. The maximum Gasteiger partial charge on any atom is 0.212 e. The van der Waals surface area contributed by atoms with Crippen molar-refractivity contribution in [3.05, 3.63) is 101 Å².